The van der Waals surface area contributed by atoms with E-state index < -0.39 is 0 Å². The largest absolute Gasteiger partial charge is 0.357 e. The van der Waals surface area contributed by atoms with Gasteiger partial charge in [-0.1, -0.05) is 6.42 Å². The monoisotopic (exact) mass is 500 g/mol. The molecule has 3 rings (SSSR count). The number of guanidine groups is 1. The fourth-order valence-corrected chi connectivity index (χ4v) is 3.57. The quantitative estimate of drug-likeness (QED) is 0.361. The molecule has 0 radical (unpaired) electrons. The standard InChI is InChI=1S/C19H32N8.HI/c1-5-20-19(22-13-16-14(2)25-26(4)15(16)3)21-11-10-18-24-23-17-9-7-6-8-12-27(17)18;/h5-13H2,1-4H3,(H2,20,21,22);1H. The number of fused-ring (bicyclic) bond motifs is 1. The molecule has 1 aliphatic heterocycles. The summed E-state index contributed by atoms with van der Waals surface area (Å²) in [6.07, 6.45) is 5.63. The third-order valence-corrected chi connectivity index (χ3v) is 5.23. The molecule has 8 nitrogen and oxygen atoms in total. The molecule has 3 heterocycles. The molecule has 2 N–H and O–H groups in total. The van der Waals surface area contributed by atoms with Gasteiger partial charge < -0.3 is 15.2 Å². The Balaban J connectivity index is 0.00000280. The normalized spacial score (nSPS) is 14.2. The molecule has 0 amide bonds. The van der Waals surface area contributed by atoms with Gasteiger partial charge in [-0.3, -0.25) is 4.68 Å². The first-order valence-electron chi connectivity index (χ1n) is 10.0. The van der Waals surface area contributed by atoms with E-state index in [2.05, 4.69) is 44.3 Å². The molecule has 28 heavy (non-hydrogen) atoms. The number of halogens is 1. The summed E-state index contributed by atoms with van der Waals surface area (Å²) in [6, 6.07) is 0. The fraction of sp³-hybridized carbons (Fsp3) is 0.684. The van der Waals surface area contributed by atoms with Crippen LogP contribution >= 0.6 is 24.0 Å². The highest BCUT2D eigenvalue weighted by Crippen LogP contribution is 2.15. The lowest BCUT2D eigenvalue weighted by molar-refractivity contribution is 0.600. The first-order valence-corrected chi connectivity index (χ1v) is 10.0. The summed E-state index contributed by atoms with van der Waals surface area (Å²) < 4.78 is 4.22. The molecule has 0 atom stereocenters. The SMILES string of the molecule is CCNC(=NCc1c(C)nn(C)c1C)NCCc1nnc2n1CCCCC2.I. The van der Waals surface area contributed by atoms with Crippen molar-refractivity contribution in [2.75, 3.05) is 13.1 Å². The number of hydrogen-bond donors (Lipinski definition) is 2. The van der Waals surface area contributed by atoms with Crippen LogP contribution in [0.1, 0.15) is 54.8 Å². The van der Waals surface area contributed by atoms with Crippen LogP contribution in [0, 0.1) is 13.8 Å². The van der Waals surface area contributed by atoms with Gasteiger partial charge in [-0.2, -0.15) is 5.10 Å². The van der Waals surface area contributed by atoms with Gasteiger partial charge in [0, 0.05) is 50.8 Å². The Morgan fingerprint density at radius 2 is 1.96 bits per heavy atom. The predicted molar refractivity (Wildman–Crippen MR) is 122 cm³/mol. The van der Waals surface area contributed by atoms with Crippen molar-refractivity contribution < 1.29 is 0 Å². The molecule has 2 aromatic rings. The first-order chi connectivity index (χ1) is 13.1. The van der Waals surface area contributed by atoms with E-state index >= 15 is 0 Å². The average Bonchev–Trinajstić information content (AvgIpc) is 3.02. The Morgan fingerprint density at radius 3 is 2.68 bits per heavy atom. The molecule has 0 fully saturated rings. The van der Waals surface area contributed by atoms with Crippen molar-refractivity contribution >= 4 is 29.9 Å². The molecule has 0 saturated heterocycles. The van der Waals surface area contributed by atoms with Crippen LogP contribution < -0.4 is 10.6 Å². The van der Waals surface area contributed by atoms with Gasteiger partial charge in [0.05, 0.1) is 12.2 Å². The summed E-state index contributed by atoms with van der Waals surface area (Å²) in [7, 11) is 1.97. The summed E-state index contributed by atoms with van der Waals surface area (Å²) in [5.41, 5.74) is 3.40. The molecular formula is C19H33IN8. The maximum absolute atomic E-state index is 4.74. The minimum absolute atomic E-state index is 0. The van der Waals surface area contributed by atoms with Crippen LogP contribution in [0.5, 0.6) is 0 Å². The van der Waals surface area contributed by atoms with E-state index in [0.717, 1.165) is 55.8 Å². The number of aliphatic imine (C=N–C) groups is 1. The number of hydrogen-bond acceptors (Lipinski definition) is 4. The van der Waals surface area contributed by atoms with Gasteiger partial charge in [-0.25, -0.2) is 4.99 Å². The van der Waals surface area contributed by atoms with Gasteiger partial charge in [0.2, 0.25) is 0 Å². The zero-order valence-corrected chi connectivity index (χ0v) is 19.8. The first kappa shape index (κ1) is 22.6. The lowest BCUT2D eigenvalue weighted by atomic mass is 10.2. The second-order valence-electron chi connectivity index (χ2n) is 7.14. The van der Waals surface area contributed by atoms with Crippen molar-refractivity contribution in [1.82, 2.24) is 35.2 Å². The summed E-state index contributed by atoms with van der Waals surface area (Å²) in [4.78, 5) is 4.74. The minimum Gasteiger partial charge on any atom is -0.357 e. The molecular weight excluding hydrogens is 467 g/mol. The van der Waals surface area contributed by atoms with Crippen LogP contribution in [-0.2, 0) is 33.0 Å². The minimum atomic E-state index is 0. The van der Waals surface area contributed by atoms with Crippen LogP contribution in [0.2, 0.25) is 0 Å². The lowest BCUT2D eigenvalue weighted by Crippen LogP contribution is -2.38. The number of aryl methyl sites for hydroxylation is 3. The van der Waals surface area contributed by atoms with Crippen LogP contribution in [0.4, 0.5) is 0 Å². The summed E-state index contributed by atoms with van der Waals surface area (Å²) in [5.74, 6) is 3.05. The third-order valence-electron chi connectivity index (χ3n) is 5.23. The summed E-state index contributed by atoms with van der Waals surface area (Å²) >= 11 is 0. The van der Waals surface area contributed by atoms with E-state index in [4.69, 9.17) is 4.99 Å². The topological polar surface area (TPSA) is 84.9 Å². The Kier molecular flexibility index (Phi) is 8.71. The van der Waals surface area contributed by atoms with Crippen LogP contribution in [0.25, 0.3) is 0 Å². The molecule has 156 valence electrons. The van der Waals surface area contributed by atoms with Crippen LogP contribution in [0.15, 0.2) is 4.99 Å². The second kappa shape index (κ2) is 10.8. The Hall–Kier alpha value is -1.65. The maximum Gasteiger partial charge on any atom is 0.191 e. The Labute approximate surface area is 184 Å². The van der Waals surface area contributed by atoms with Gasteiger partial charge in [0.15, 0.2) is 5.96 Å². The predicted octanol–water partition coefficient (Wildman–Crippen LogP) is 2.27. The fourth-order valence-electron chi connectivity index (χ4n) is 3.57. The molecule has 9 heteroatoms. The van der Waals surface area contributed by atoms with E-state index in [1.165, 1.54) is 30.5 Å². The van der Waals surface area contributed by atoms with Crippen LogP contribution in [-0.4, -0.2) is 43.6 Å². The van der Waals surface area contributed by atoms with E-state index in [-0.39, 0.29) is 24.0 Å². The van der Waals surface area contributed by atoms with Crippen LogP contribution in [0.3, 0.4) is 0 Å². The number of aromatic nitrogens is 5. The molecule has 0 aromatic carbocycles. The van der Waals surface area contributed by atoms with E-state index in [1.807, 2.05) is 18.7 Å². The van der Waals surface area contributed by atoms with E-state index in [0.29, 0.717) is 6.54 Å². The summed E-state index contributed by atoms with van der Waals surface area (Å²) in [6.45, 7) is 9.49. The number of nitrogens with one attached hydrogen (secondary N) is 2. The maximum atomic E-state index is 4.74. The zero-order chi connectivity index (χ0) is 19.2. The van der Waals surface area contributed by atoms with Crippen molar-refractivity contribution in [2.24, 2.45) is 12.0 Å². The summed E-state index contributed by atoms with van der Waals surface area (Å²) in [5, 5.41) is 20.0. The van der Waals surface area contributed by atoms with E-state index in [9.17, 15) is 0 Å². The van der Waals surface area contributed by atoms with Gasteiger partial charge in [-0.15, -0.1) is 34.2 Å². The highest BCUT2D eigenvalue weighted by atomic mass is 127. The van der Waals surface area contributed by atoms with Crippen molar-refractivity contribution in [1.29, 1.82) is 0 Å². The highest BCUT2D eigenvalue weighted by molar-refractivity contribution is 14.0. The van der Waals surface area contributed by atoms with Crippen molar-refractivity contribution in [3.63, 3.8) is 0 Å². The van der Waals surface area contributed by atoms with Crippen molar-refractivity contribution in [3.05, 3.63) is 28.6 Å². The molecule has 0 saturated carbocycles. The zero-order valence-electron chi connectivity index (χ0n) is 17.5. The Bertz CT molecular complexity index is 792. The van der Waals surface area contributed by atoms with Crippen molar-refractivity contribution in [2.45, 2.75) is 66.0 Å². The van der Waals surface area contributed by atoms with Gasteiger partial charge in [-0.05, 0) is 33.6 Å². The smallest absolute Gasteiger partial charge is 0.191 e. The average molecular weight is 500 g/mol. The van der Waals surface area contributed by atoms with Crippen molar-refractivity contribution in [3.8, 4) is 0 Å². The lowest BCUT2D eigenvalue weighted by Gasteiger charge is -2.12. The van der Waals surface area contributed by atoms with E-state index in [1.54, 1.807) is 0 Å². The molecule has 0 aliphatic carbocycles. The number of nitrogens with zero attached hydrogens (tertiary/aromatic N) is 6. The molecule has 0 unspecified atom stereocenters. The van der Waals surface area contributed by atoms with Gasteiger partial charge in [0.1, 0.15) is 11.6 Å². The van der Waals surface area contributed by atoms with Gasteiger partial charge >= 0.3 is 0 Å². The van der Waals surface area contributed by atoms with Gasteiger partial charge in [0.25, 0.3) is 0 Å². The molecule has 0 bridgehead atoms. The molecule has 1 aliphatic rings. The Morgan fingerprint density at radius 1 is 1.14 bits per heavy atom. The number of rotatable bonds is 6. The molecule has 2 aromatic heterocycles. The second-order valence-corrected chi connectivity index (χ2v) is 7.14. The molecule has 0 spiro atoms. The third kappa shape index (κ3) is 5.45. The highest BCUT2D eigenvalue weighted by Gasteiger charge is 2.14.